The van der Waals surface area contributed by atoms with E-state index < -0.39 is 46.2 Å². The van der Waals surface area contributed by atoms with Crippen LogP contribution in [0.15, 0.2) is 103 Å². The number of carbonyl (C=O) groups excluding carboxylic acids is 4. The molecule has 1 heterocycles. The molecule has 2 atom stereocenters. The van der Waals surface area contributed by atoms with Gasteiger partial charge in [0.1, 0.15) is 11.5 Å². The van der Waals surface area contributed by atoms with Crippen molar-refractivity contribution in [3.05, 3.63) is 142 Å². The number of ketones is 4. The predicted octanol–water partition coefficient (Wildman–Crippen LogP) is 5.73. The number of Topliss-reactive ketones (excluding diaryl/α,β-unsaturated/α-hetero) is 4. The van der Waals surface area contributed by atoms with E-state index in [9.17, 15) is 19.2 Å². The van der Waals surface area contributed by atoms with Crippen molar-refractivity contribution >= 4 is 23.1 Å². The molecule has 2 aliphatic carbocycles. The summed E-state index contributed by atoms with van der Waals surface area (Å²) in [6.07, 6.45) is -1.15. The smallest absolute Gasteiger partial charge is 0.204 e. The van der Waals surface area contributed by atoms with Gasteiger partial charge in [0.05, 0.1) is 5.92 Å². The molecule has 5 heteroatoms. The molecular weight excluding hydrogens is 476 g/mol. The Labute approximate surface area is 219 Å². The predicted molar refractivity (Wildman–Crippen MR) is 140 cm³/mol. The van der Waals surface area contributed by atoms with E-state index in [1.807, 2.05) is 37.3 Å². The molecule has 0 unspecified atom stereocenters. The first kappa shape index (κ1) is 22.7. The highest BCUT2D eigenvalue weighted by molar-refractivity contribution is 6.37. The van der Waals surface area contributed by atoms with Crippen LogP contribution in [0.3, 0.4) is 0 Å². The van der Waals surface area contributed by atoms with E-state index in [0.29, 0.717) is 11.1 Å². The van der Waals surface area contributed by atoms with Crippen LogP contribution in [0.2, 0.25) is 0 Å². The summed E-state index contributed by atoms with van der Waals surface area (Å²) in [5.41, 5.74) is -0.754. The third-order valence-electron chi connectivity index (χ3n) is 8.35. The maximum Gasteiger partial charge on any atom is 0.204 e. The molecule has 4 aromatic carbocycles. The molecule has 2 spiro atoms. The SMILES string of the molecule is Cc1ccc([C@H]2OC3(C(=O)c4ccccc4C3=O)[C@H](c3ccccc3)C23C(=O)c2ccccc2C3=O)cc1. The van der Waals surface area contributed by atoms with Crippen molar-refractivity contribution in [1.29, 1.82) is 0 Å². The summed E-state index contributed by atoms with van der Waals surface area (Å²) in [5.74, 6) is -3.05. The molecule has 1 saturated heterocycles. The van der Waals surface area contributed by atoms with Crippen LogP contribution in [0.5, 0.6) is 0 Å². The fraction of sp³-hybridized carbons (Fsp3) is 0.152. The molecular formula is C33H22O5. The van der Waals surface area contributed by atoms with Gasteiger partial charge >= 0.3 is 0 Å². The zero-order valence-electron chi connectivity index (χ0n) is 20.5. The Morgan fingerprint density at radius 3 is 1.47 bits per heavy atom. The summed E-state index contributed by atoms with van der Waals surface area (Å²) in [4.78, 5) is 57.7. The maximum atomic E-state index is 14.6. The largest absolute Gasteiger partial charge is 0.348 e. The van der Waals surface area contributed by atoms with Crippen molar-refractivity contribution in [2.24, 2.45) is 5.41 Å². The minimum Gasteiger partial charge on any atom is -0.348 e. The van der Waals surface area contributed by atoms with Crippen LogP contribution in [0.4, 0.5) is 0 Å². The van der Waals surface area contributed by atoms with Gasteiger partial charge in [0.25, 0.3) is 0 Å². The third-order valence-corrected chi connectivity index (χ3v) is 8.35. The zero-order valence-corrected chi connectivity index (χ0v) is 20.5. The minimum absolute atomic E-state index is 0.244. The molecule has 0 radical (unpaired) electrons. The van der Waals surface area contributed by atoms with Gasteiger partial charge in [0.15, 0.2) is 11.6 Å². The lowest BCUT2D eigenvalue weighted by molar-refractivity contribution is -0.0210. The van der Waals surface area contributed by atoms with E-state index in [1.54, 1.807) is 72.8 Å². The molecule has 0 aromatic heterocycles. The van der Waals surface area contributed by atoms with Gasteiger partial charge in [-0.2, -0.15) is 0 Å². The van der Waals surface area contributed by atoms with Crippen LogP contribution in [-0.2, 0) is 4.74 Å². The number of ether oxygens (including phenoxy) is 1. The van der Waals surface area contributed by atoms with E-state index in [1.165, 1.54) is 0 Å². The van der Waals surface area contributed by atoms with E-state index in [-0.39, 0.29) is 22.3 Å². The van der Waals surface area contributed by atoms with Crippen molar-refractivity contribution in [1.82, 2.24) is 0 Å². The lowest BCUT2D eigenvalue weighted by atomic mass is 9.60. The number of benzene rings is 4. The number of aryl methyl sites for hydroxylation is 1. The van der Waals surface area contributed by atoms with Crippen molar-refractivity contribution in [3.63, 3.8) is 0 Å². The molecule has 0 saturated carbocycles. The van der Waals surface area contributed by atoms with Gasteiger partial charge < -0.3 is 4.74 Å². The Bertz CT molecular complexity index is 1610. The highest BCUT2D eigenvalue weighted by Crippen LogP contribution is 2.67. The topological polar surface area (TPSA) is 77.5 Å². The average Bonchev–Trinajstić information content (AvgIpc) is 3.48. The second kappa shape index (κ2) is 7.76. The van der Waals surface area contributed by atoms with Crippen LogP contribution in [0.1, 0.15) is 70.1 Å². The van der Waals surface area contributed by atoms with E-state index >= 15 is 0 Å². The first-order chi connectivity index (χ1) is 18.4. The third kappa shape index (κ3) is 2.59. The number of carbonyl (C=O) groups is 4. The van der Waals surface area contributed by atoms with Gasteiger partial charge in [0, 0.05) is 22.3 Å². The molecule has 0 N–H and O–H groups in total. The van der Waals surface area contributed by atoms with E-state index in [0.717, 1.165) is 5.56 Å². The Balaban J connectivity index is 1.59. The molecule has 0 amide bonds. The van der Waals surface area contributed by atoms with Gasteiger partial charge in [-0.3, -0.25) is 19.2 Å². The number of hydrogen-bond acceptors (Lipinski definition) is 5. The van der Waals surface area contributed by atoms with Crippen LogP contribution >= 0.6 is 0 Å². The lowest BCUT2D eigenvalue weighted by Gasteiger charge is -2.34. The van der Waals surface area contributed by atoms with Gasteiger partial charge in [-0.15, -0.1) is 0 Å². The van der Waals surface area contributed by atoms with Crippen LogP contribution in [-0.4, -0.2) is 28.7 Å². The van der Waals surface area contributed by atoms with Gasteiger partial charge in [-0.05, 0) is 18.1 Å². The highest BCUT2D eigenvalue weighted by Gasteiger charge is 2.79. The minimum atomic E-state index is -2.06. The van der Waals surface area contributed by atoms with Crippen molar-refractivity contribution in [2.75, 3.05) is 0 Å². The number of rotatable bonds is 2. The van der Waals surface area contributed by atoms with Crippen molar-refractivity contribution in [2.45, 2.75) is 24.5 Å². The average molecular weight is 499 g/mol. The van der Waals surface area contributed by atoms with Crippen LogP contribution < -0.4 is 0 Å². The molecule has 0 bridgehead atoms. The number of hydrogen-bond donors (Lipinski definition) is 0. The lowest BCUT2D eigenvalue weighted by Crippen LogP contribution is -2.51. The molecule has 1 aliphatic heterocycles. The summed E-state index contributed by atoms with van der Waals surface area (Å²) in [7, 11) is 0. The Hall–Kier alpha value is -4.48. The quantitative estimate of drug-likeness (QED) is 0.330. The summed E-state index contributed by atoms with van der Waals surface area (Å²) in [6, 6.07) is 29.6. The molecule has 38 heavy (non-hydrogen) atoms. The summed E-state index contributed by atoms with van der Waals surface area (Å²) < 4.78 is 6.68. The Kier molecular flexibility index (Phi) is 4.64. The van der Waals surface area contributed by atoms with Crippen LogP contribution in [0, 0.1) is 12.3 Å². The molecule has 3 aliphatic rings. The molecule has 184 valence electrons. The Morgan fingerprint density at radius 1 is 0.526 bits per heavy atom. The second-order valence-corrected chi connectivity index (χ2v) is 10.3. The standard InChI is InChI=1S/C33H22O5/c1-19-15-17-21(18-16-19)31-32(27(34)22-11-5-6-12-23(22)28(32)35)26(20-9-3-2-4-10-20)33(38-31)29(36)24-13-7-8-14-25(24)30(33)37/h2-18,26,31H,1H3/t26-,31-/m1/s1. The van der Waals surface area contributed by atoms with E-state index in [2.05, 4.69) is 0 Å². The molecule has 5 nitrogen and oxygen atoms in total. The van der Waals surface area contributed by atoms with E-state index in [4.69, 9.17) is 4.74 Å². The zero-order chi connectivity index (χ0) is 26.2. The normalized spacial score (nSPS) is 22.3. The van der Waals surface area contributed by atoms with Gasteiger partial charge in [-0.1, -0.05) is 109 Å². The first-order valence-corrected chi connectivity index (χ1v) is 12.6. The fourth-order valence-electron chi connectivity index (χ4n) is 6.71. The fourth-order valence-corrected chi connectivity index (χ4v) is 6.71. The second-order valence-electron chi connectivity index (χ2n) is 10.3. The van der Waals surface area contributed by atoms with Gasteiger partial charge in [-0.25, -0.2) is 0 Å². The van der Waals surface area contributed by atoms with Crippen molar-refractivity contribution < 1.29 is 23.9 Å². The van der Waals surface area contributed by atoms with Crippen molar-refractivity contribution in [3.8, 4) is 0 Å². The first-order valence-electron chi connectivity index (χ1n) is 12.6. The Morgan fingerprint density at radius 2 is 0.974 bits per heavy atom. The molecule has 7 rings (SSSR count). The number of fused-ring (bicyclic) bond motifs is 2. The summed E-state index contributed by atoms with van der Waals surface area (Å²) in [6.45, 7) is 1.94. The molecule has 1 fully saturated rings. The maximum absolute atomic E-state index is 14.6. The summed E-state index contributed by atoms with van der Waals surface area (Å²) >= 11 is 0. The highest BCUT2D eigenvalue weighted by atomic mass is 16.5. The molecule has 4 aromatic rings. The van der Waals surface area contributed by atoms with Crippen LogP contribution in [0.25, 0.3) is 0 Å². The monoisotopic (exact) mass is 498 g/mol. The summed E-state index contributed by atoms with van der Waals surface area (Å²) in [5, 5.41) is 0. The van der Waals surface area contributed by atoms with Gasteiger partial charge in [0.2, 0.25) is 17.2 Å².